The number of amides is 1. The summed E-state index contributed by atoms with van der Waals surface area (Å²) in [6.45, 7) is 6.49. The van der Waals surface area contributed by atoms with E-state index >= 15 is 0 Å². The molecule has 0 saturated carbocycles. The van der Waals surface area contributed by atoms with Crippen LogP contribution in [0.3, 0.4) is 0 Å². The summed E-state index contributed by atoms with van der Waals surface area (Å²) in [7, 11) is 0. The molecule has 1 N–H and O–H groups in total. The fourth-order valence-electron chi connectivity index (χ4n) is 4.22. The highest BCUT2D eigenvalue weighted by molar-refractivity contribution is 6.51. The fraction of sp³-hybridized carbons (Fsp3) is 0.214. The van der Waals surface area contributed by atoms with Crippen LogP contribution in [0.5, 0.6) is 11.5 Å². The van der Waals surface area contributed by atoms with Gasteiger partial charge in [0.15, 0.2) is 0 Å². The third kappa shape index (κ3) is 4.27. The topological polar surface area (TPSA) is 76.1 Å². The molecule has 3 aromatic rings. The Morgan fingerprint density at radius 1 is 0.912 bits per heavy atom. The number of ether oxygens (including phenoxy) is 2. The van der Waals surface area contributed by atoms with E-state index in [4.69, 9.17) is 9.47 Å². The minimum absolute atomic E-state index is 0.0181. The second-order valence-corrected chi connectivity index (χ2v) is 7.94. The lowest BCUT2D eigenvalue weighted by atomic mass is 9.94. The van der Waals surface area contributed by atoms with Crippen molar-refractivity contribution in [2.24, 2.45) is 0 Å². The average Bonchev–Trinajstić information content (AvgIpc) is 3.10. The van der Waals surface area contributed by atoms with E-state index in [0.29, 0.717) is 36.0 Å². The zero-order valence-electron chi connectivity index (χ0n) is 19.4. The molecule has 6 heteroatoms. The summed E-state index contributed by atoms with van der Waals surface area (Å²) in [5.41, 5.74) is 2.63. The molecule has 4 rings (SSSR count). The van der Waals surface area contributed by atoms with Crippen LogP contribution >= 0.6 is 0 Å². The lowest BCUT2D eigenvalue weighted by molar-refractivity contribution is -0.132. The van der Waals surface area contributed by atoms with Crippen LogP contribution in [0.15, 0.2) is 78.4 Å². The van der Waals surface area contributed by atoms with Gasteiger partial charge in [-0.3, -0.25) is 14.5 Å². The van der Waals surface area contributed by atoms with E-state index in [1.54, 1.807) is 30.3 Å². The van der Waals surface area contributed by atoms with Gasteiger partial charge in [-0.25, -0.2) is 0 Å². The summed E-state index contributed by atoms with van der Waals surface area (Å²) in [5, 5.41) is 11.5. The molecule has 1 amide bonds. The number of hydrogen-bond acceptors (Lipinski definition) is 5. The number of Topliss-reactive ketones (excluding diaryl/α,β-unsaturated/α-hetero) is 1. The van der Waals surface area contributed by atoms with Gasteiger partial charge in [0, 0.05) is 11.8 Å². The minimum Gasteiger partial charge on any atom is -0.507 e. The highest BCUT2D eigenvalue weighted by Gasteiger charge is 2.47. The van der Waals surface area contributed by atoms with Crippen molar-refractivity contribution >= 4 is 23.1 Å². The number of rotatable bonds is 7. The van der Waals surface area contributed by atoms with E-state index in [2.05, 4.69) is 0 Å². The third-order valence-corrected chi connectivity index (χ3v) is 5.66. The Labute approximate surface area is 199 Å². The highest BCUT2D eigenvalue weighted by atomic mass is 16.5. The SMILES string of the molecule is CCOc1ccc(/C(O)=C2/C(=O)C(=O)N(c3ccccc3)C2c2cccc(C)c2)c(OCC)c1. The van der Waals surface area contributed by atoms with Crippen LogP contribution < -0.4 is 14.4 Å². The number of benzene rings is 3. The number of carbonyl (C=O) groups is 2. The zero-order valence-corrected chi connectivity index (χ0v) is 19.4. The number of para-hydroxylation sites is 1. The Hall–Kier alpha value is -4.06. The van der Waals surface area contributed by atoms with Crippen LogP contribution in [0, 0.1) is 6.92 Å². The van der Waals surface area contributed by atoms with Crippen molar-refractivity contribution in [3.63, 3.8) is 0 Å². The van der Waals surface area contributed by atoms with Crippen LogP contribution in [0.2, 0.25) is 0 Å². The van der Waals surface area contributed by atoms with Crippen molar-refractivity contribution in [1.29, 1.82) is 0 Å². The quantitative estimate of drug-likeness (QED) is 0.291. The van der Waals surface area contributed by atoms with Gasteiger partial charge in [0.05, 0.1) is 30.4 Å². The van der Waals surface area contributed by atoms with Crippen LogP contribution in [0.25, 0.3) is 5.76 Å². The normalized spacial score (nSPS) is 17.1. The molecule has 1 fully saturated rings. The number of carbonyl (C=O) groups excluding carboxylic acids is 2. The Kier molecular flexibility index (Phi) is 6.68. The molecule has 1 atom stereocenters. The van der Waals surface area contributed by atoms with Gasteiger partial charge in [-0.05, 0) is 50.6 Å². The molecule has 174 valence electrons. The van der Waals surface area contributed by atoms with E-state index in [0.717, 1.165) is 11.1 Å². The second-order valence-electron chi connectivity index (χ2n) is 7.94. The minimum atomic E-state index is -0.789. The van der Waals surface area contributed by atoms with Gasteiger partial charge in [0.25, 0.3) is 11.7 Å². The molecule has 3 aromatic carbocycles. The molecular formula is C28H27NO5. The lowest BCUT2D eigenvalue weighted by Crippen LogP contribution is -2.29. The number of anilines is 1. The van der Waals surface area contributed by atoms with Gasteiger partial charge < -0.3 is 14.6 Å². The number of hydrogen-bond donors (Lipinski definition) is 1. The Bertz CT molecular complexity index is 1250. The Morgan fingerprint density at radius 3 is 2.32 bits per heavy atom. The van der Waals surface area contributed by atoms with Crippen molar-refractivity contribution in [1.82, 2.24) is 0 Å². The van der Waals surface area contributed by atoms with Crippen molar-refractivity contribution < 1.29 is 24.2 Å². The Balaban J connectivity index is 1.94. The molecular weight excluding hydrogens is 430 g/mol. The number of ketones is 1. The molecule has 1 aliphatic rings. The number of aliphatic hydroxyl groups excluding tert-OH is 1. The van der Waals surface area contributed by atoms with Crippen LogP contribution in [-0.4, -0.2) is 30.0 Å². The lowest BCUT2D eigenvalue weighted by Gasteiger charge is -2.26. The molecule has 1 heterocycles. The fourth-order valence-corrected chi connectivity index (χ4v) is 4.22. The number of aliphatic hydroxyl groups is 1. The first-order valence-electron chi connectivity index (χ1n) is 11.3. The largest absolute Gasteiger partial charge is 0.507 e. The summed E-state index contributed by atoms with van der Waals surface area (Å²) in [6, 6.07) is 20.8. The maximum atomic E-state index is 13.3. The van der Waals surface area contributed by atoms with E-state index in [1.807, 2.05) is 63.2 Å². The highest BCUT2D eigenvalue weighted by Crippen LogP contribution is 2.43. The summed E-state index contributed by atoms with van der Waals surface area (Å²) in [6.07, 6.45) is 0. The van der Waals surface area contributed by atoms with Gasteiger partial charge in [-0.2, -0.15) is 0 Å². The second kappa shape index (κ2) is 9.83. The van der Waals surface area contributed by atoms with Gasteiger partial charge in [-0.1, -0.05) is 48.0 Å². The summed E-state index contributed by atoms with van der Waals surface area (Å²) in [5.74, 6) is -0.760. The van der Waals surface area contributed by atoms with E-state index < -0.39 is 17.7 Å². The van der Waals surface area contributed by atoms with Crippen molar-refractivity contribution in [2.45, 2.75) is 26.8 Å². The standard InChI is InChI=1S/C28H27NO5/c1-4-33-21-14-15-22(23(17-21)34-5-2)26(30)24-25(19-11-9-10-18(3)16-19)29(28(32)27(24)31)20-12-7-6-8-13-20/h6-17,25,30H,4-5H2,1-3H3/b26-24-. The van der Waals surface area contributed by atoms with Gasteiger partial charge in [0.2, 0.25) is 0 Å². The third-order valence-electron chi connectivity index (χ3n) is 5.66. The van der Waals surface area contributed by atoms with Gasteiger partial charge in [0.1, 0.15) is 17.3 Å². The summed E-state index contributed by atoms with van der Waals surface area (Å²) in [4.78, 5) is 28.0. The van der Waals surface area contributed by atoms with Gasteiger partial charge >= 0.3 is 0 Å². The maximum absolute atomic E-state index is 13.3. The molecule has 34 heavy (non-hydrogen) atoms. The van der Waals surface area contributed by atoms with Crippen molar-refractivity contribution in [3.05, 3.63) is 95.1 Å². The first-order valence-corrected chi connectivity index (χ1v) is 11.3. The maximum Gasteiger partial charge on any atom is 0.300 e. The predicted molar refractivity (Wildman–Crippen MR) is 131 cm³/mol. The van der Waals surface area contributed by atoms with E-state index in [1.165, 1.54) is 4.90 Å². The molecule has 0 radical (unpaired) electrons. The van der Waals surface area contributed by atoms with Crippen LogP contribution in [0.4, 0.5) is 5.69 Å². The smallest absolute Gasteiger partial charge is 0.300 e. The molecule has 1 saturated heterocycles. The molecule has 0 aliphatic carbocycles. The van der Waals surface area contributed by atoms with E-state index in [9.17, 15) is 14.7 Å². The summed E-state index contributed by atoms with van der Waals surface area (Å²) >= 11 is 0. The van der Waals surface area contributed by atoms with Crippen LogP contribution in [0.1, 0.15) is 36.6 Å². The first kappa shape index (κ1) is 23.1. The Morgan fingerprint density at radius 2 is 1.65 bits per heavy atom. The average molecular weight is 458 g/mol. The molecule has 0 spiro atoms. The molecule has 1 unspecified atom stereocenters. The summed E-state index contributed by atoms with van der Waals surface area (Å²) < 4.78 is 11.3. The molecule has 6 nitrogen and oxygen atoms in total. The van der Waals surface area contributed by atoms with Crippen LogP contribution in [-0.2, 0) is 9.59 Å². The number of aryl methyl sites for hydroxylation is 1. The molecule has 1 aliphatic heterocycles. The van der Waals surface area contributed by atoms with Crippen molar-refractivity contribution in [2.75, 3.05) is 18.1 Å². The monoisotopic (exact) mass is 457 g/mol. The van der Waals surface area contributed by atoms with Crippen molar-refractivity contribution in [3.8, 4) is 11.5 Å². The zero-order chi connectivity index (χ0) is 24.2. The van der Waals surface area contributed by atoms with E-state index in [-0.39, 0.29) is 11.3 Å². The predicted octanol–water partition coefficient (Wildman–Crippen LogP) is 5.42. The number of nitrogens with zero attached hydrogens (tertiary/aromatic N) is 1. The molecule has 0 aromatic heterocycles. The molecule has 0 bridgehead atoms. The van der Waals surface area contributed by atoms with Gasteiger partial charge in [-0.15, -0.1) is 0 Å². The first-order chi connectivity index (χ1) is 16.5.